The second-order valence-corrected chi connectivity index (χ2v) is 10.7. The highest BCUT2D eigenvalue weighted by atomic mass is 32.2. The van der Waals surface area contributed by atoms with Crippen LogP contribution in [0.2, 0.25) is 0 Å². The summed E-state index contributed by atoms with van der Waals surface area (Å²) in [5, 5.41) is 10.1. The lowest BCUT2D eigenvalue weighted by atomic mass is 10.1. The average Bonchev–Trinajstić information content (AvgIpc) is 2.70. The van der Waals surface area contributed by atoms with E-state index in [1.807, 2.05) is 0 Å². The first-order valence-corrected chi connectivity index (χ1v) is 12.1. The molecular weight excluding hydrogens is 467 g/mol. The van der Waals surface area contributed by atoms with Gasteiger partial charge in [-0.05, 0) is 77.1 Å². The predicted octanol–water partition coefficient (Wildman–Crippen LogP) is 2.72. The van der Waals surface area contributed by atoms with Crippen LogP contribution in [0.5, 0.6) is 5.75 Å². The molecule has 0 radical (unpaired) electrons. The number of Topliss-reactive ketones (excluding diaryl/α,β-unsaturated/α-hetero) is 1. The smallest absolute Gasteiger partial charge is 0.408 e. The van der Waals surface area contributed by atoms with Gasteiger partial charge in [0, 0.05) is 6.54 Å². The highest BCUT2D eigenvalue weighted by Gasteiger charge is 2.31. The van der Waals surface area contributed by atoms with Crippen LogP contribution in [0.4, 0.5) is 9.18 Å². The van der Waals surface area contributed by atoms with Crippen molar-refractivity contribution in [3.63, 3.8) is 0 Å². The fourth-order valence-electron chi connectivity index (χ4n) is 3.41. The molecule has 4 N–H and O–H groups in total. The number of aryl methyl sites for hydroxylation is 1. The Morgan fingerprint density at radius 2 is 1.82 bits per heavy atom. The van der Waals surface area contributed by atoms with Crippen LogP contribution in [0.15, 0.2) is 11.0 Å². The third-order valence-corrected chi connectivity index (χ3v) is 7.18. The Hall–Kier alpha value is -2.89. The molecule has 0 aromatic heterocycles. The molecule has 0 spiro atoms. The number of ether oxygens (including phenoxy) is 2. The number of rotatable bonds is 10. The normalized spacial score (nSPS) is 12.6. The SMILES string of the molecule is COc1cc(C)c(S(=O)(=O)N(CCCC(NC(=O)OC(C)(C)C)C(=O)CF)C(=N)N)c(C)c1C. The van der Waals surface area contributed by atoms with Crippen LogP contribution in [0.1, 0.15) is 50.3 Å². The lowest BCUT2D eigenvalue weighted by Gasteiger charge is -2.26. The molecule has 0 saturated carbocycles. The van der Waals surface area contributed by atoms with Gasteiger partial charge < -0.3 is 20.5 Å². The molecule has 1 amide bonds. The van der Waals surface area contributed by atoms with Crippen molar-refractivity contribution in [3.8, 4) is 5.75 Å². The number of amides is 1. The van der Waals surface area contributed by atoms with E-state index in [2.05, 4.69) is 5.32 Å². The van der Waals surface area contributed by atoms with Gasteiger partial charge in [-0.15, -0.1) is 0 Å². The first-order chi connectivity index (χ1) is 15.6. The number of halogens is 1. The van der Waals surface area contributed by atoms with Crippen LogP contribution >= 0.6 is 0 Å². The molecule has 1 atom stereocenters. The van der Waals surface area contributed by atoms with E-state index in [1.165, 1.54) is 7.11 Å². The van der Waals surface area contributed by atoms with Crippen LogP contribution in [-0.2, 0) is 19.6 Å². The van der Waals surface area contributed by atoms with E-state index in [4.69, 9.17) is 20.6 Å². The molecule has 10 nitrogen and oxygen atoms in total. The number of ketones is 1. The monoisotopic (exact) mass is 502 g/mol. The van der Waals surface area contributed by atoms with Gasteiger partial charge in [-0.1, -0.05) is 0 Å². The van der Waals surface area contributed by atoms with Crippen molar-refractivity contribution in [2.45, 2.75) is 70.9 Å². The Morgan fingerprint density at radius 1 is 1.24 bits per heavy atom. The van der Waals surface area contributed by atoms with E-state index in [-0.39, 0.29) is 24.3 Å². The van der Waals surface area contributed by atoms with Gasteiger partial charge >= 0.3 is 6.09 Å². The summed E-state index contributed by atoms with van der Waals surface area (Å²) in [5.41, 5.74) is 6.28. The van der Waals surface area contributed by atoms with E-state index in [1.54, 1.807) is 47.6 Å². The summed E-state index contributed by atoms with van der Waals surface area (Å²) in [6.45, 7) is 8.32. The van der Waals surface area contributed by atoms with E-state index in [9.17, 15) is 22.4 Å². The highest BCUT2D eigenvalue weighted by molar-refractivity contribution is 7.89. The van der Waals surface area contributed by atoms with Crippen molar-refractivity contribution in [1.29, 1.82) is 5.41 Å². The van der Waals surface area contributed by atoms with Gasteiger partial charge in [0.15, 0.2) is 5.78 Å². The van der Waals surface area contributed by atoms with Crippen molar-refractivity contribution in [1.82, 2.24) is 9.62 Å². The zero-order valence-electron chi connectivity index (χ0n) is 20.7. The molecule has 1 unspecified atom stereocenters. The number of hydrogen-bond acceptors (Lipinski definition) is 7. The van der Waals surface area contributed by atoms with Gasteiger partial charge in [-0.25, -0.2) is 21.9 Å². The number of methoxy groups -OCH3 is 1. The number of nitrogens with one attached hydrogen (secondary N) is 2. The molecule has 34 heavy (non-hydrogen) atoms. The number of benzene rings is 1. The van der Waals surface area contributed by atoms with Crippen LogP contribution in [0, 0.1) is 26.2 Å². The fourth-order valence-corrected chi connectivity index (χ4v) is 5.26. The van der Waals surface area contributed by atoms with E-state index >= 15 is 0 Å². The van der Waals surface area contributed by atoms with E-state index in [0.717, 1.165) is 4.31 Å². The number of alkyl carbamates (subject to hydrolysis) is 1. The molecule has 1 aromatic rings. The van der Waals surface area contributed by atoms with Crippen LogP contribution in [0.3, 0.4) is 0 Å². The van der Waals surface area contributed by atoms with Gasteiger partial charge in [0.05, 0.1) is 18.0 Å². The van der Waals surface area contributed by atoms with E-state index in [0.29, 0.717) is 22.4 Å². The van der Waals surface area contributed by atoms with Gasteiger partial charge in [0.25, 0.3) is 10.0 Å². The van der Waals surface area contributed by atoms with Crippen LogP contribution in [0.25, 0.3) is 0 Å². The predicted molar refractivity (Wildman–Crippen MR) is 126 cm³/mol. The third-order valence-electron chi connectivity index (χ3n) is 5.08. The number of guanidine groups is 1. The summed E-state index contributed by atoms with van der Waals surface area (Å²) in [6.07, 6.45) is -0.964. The van der Waals surface area contributed by atoms with Gasteiger partial charge in [0.1, 0.15) is 18.0 Å². The molecule has 12 heteroatoms. The molecule has 0 bridgehead atoms. The summed E-state index contributed by atoms with van der Waals surface area (Å²) < 4.78 is 51.0. The fraction of sp³-hybridized carbons (Fsp3) is 0.591. The second-order valence-electron chi connectivity index (χ2n) is 8.88. The summed E-state index contributed by atoms with van der Waals surface area (Å²) >= 11 is 0. The number of carbonyl (C=O) groups is 2. The van der Waals surface area contributed by atoms with Crippen molar-refractivity contribution in [3.05, 3.63) is 22.8 Å². The number of carbonyl (C=O) groups excluding carboxylic acids is 2. The minimum Gasteiger partial charge on any atom is -0.496 e. The minimum atomic E-state index is -4.22. The van der Waals surface area contributed by atoms with Crippen LogP contribution in [-0.4, -0.2) is 62.5 Å². The number of sulfonamides is 1. The quantitative estimate of drug-likeness (QED) is 0.328. The molecule has 0 fully saturated rings. The Balaban J connectivity index is 3.13. The number of alkyl halides is 1. The molecule has 0 aliphatic rings. The first kappa shape index (κ1) is 29.1. The largest absolute Gasteiger partial charge is 0.496 e. The van der Waals surface area contributed by atoms with E-state index < -0.39 is 46.2 Å². The highest BCUT2D eigenvalue weighted by Crippen LogP contribution is 2.32. The molecule has 0 heterocycles. The average molecular weight is 503 g/mol. The standard InChI is InChI=1S/C22H35FN4O6S/c1-13-11-18(32-7)14(2)15(3)19(13)34(30,31)27(20(24)25)10-8-9-16(17(28)12-23)26-21(29)33-22(4,5)6/h11,16H,8-10,12H2,1-7H3,(H3,24,25)(H,26,29). The lowest BCUT2D eigenvalue weighted by molar-refractivity contribution is -0.122. The molecular formula is C22H35FN4O6S. The second kappa shape index (κ2) is 11.5. The Labute approximate surface area is 200 Å². The third kappa shape index (κ3) is 7.31. The van der Waals surface area contributed by atoms with Gasteiger partial charge in [-0.2, -0.15) is 0 Å². The molecule has 0 aliphatic carbocycles. The number of nitrogens with zero attached hydrogens (tertiary/aromatic N) is 1. The Kier molecular flexibility index (Phi) is 9.85. The van der Waals surface area contributed by atoms with Crippen LogP contribution < -0.4 is 15.8 Å². The minimum absolute atomic E-state index is 0.00395. The van der Waals surface area contributed by atoms with Gasteiger partial charge in [-0.3, -0.25) is 10.2 Å². The Morgan fingerprint density at radius 3 is 2.29 bits per heavy atom. The lowest BCUT2D eigenvalue weighted by Crippen LogP contribution is -2.45. The van der Waals surface area contributed by atoms with Gasteiger partial charge in [0.2, 0.25) is 5.96 Å². The zero-order chi connectivity index (χ0) is 26.4. The molecule has 1 aromatic carbocycles. The summed E-state index contributed by atoms with van der Waals surface area (Å²) in [7, 11) is -2.74. The summed E-state index contributed by atoms with van der Waals surface area (Å²) in [6, 6.07) is 0.372. The zero-order valence-corrected chi connectivity index (χ0v) is 21.6. The molecule has 0 aliphatic heterocycles. The van der Waals surface area contributed by atoms with Crippen molar-refractivity contribution < 1.29 is 31.9 Å². The molecule has 192 valence electrons. The maximum Gasteiger partial charge on any atom is 0.408 e. The summed E-state index contributed by atoms with van der Waals surface area (Å²) in [5.74, 6) is -1.05. The van der Waals surface area contributed by atoms with Crippen molar-refractivity contribution in [2.75, 3.05) is 20.3 Å². The molecule has 0 saturated heterocycles. The number of nitrogens with two attached hydrogens (primary N) is 1. The van der Waals surface area contributed by atoms with Crippen molar-refractivity contribution in [2.24, 2.45) is 5.73 Å². The maximum absolute atomic E-state index is 13.4. The van der Waals surface area contributed by atoms with Crippen molar-refractivity contribution >= 4 is 27.9 Å². The number of hydrogen-bond donors (Lipinski definition) is 3. The maximum atomic E-state index is 13.4. The summed E-state index contributed by atoms with van der Waals surface area (Å²) in [4.78, 5) is 24.0. The first-order valence-electron chi connectivity index (χ1n) is 10.7. The molecule has 1 rings (SSSR count). The Bertz CT molecular complexity index is 1040. The topological polar surface area (TPSA) is 152 Å².